The SMILES string of the molecule is COc1ccc2cc(CN(C)C(=O)C3CC3C)ccc2c1. The second-order valence-electron chi connectivity index (χ2n) is 6.06. The summed E-state index contributed by atoms with van der Waals surface area (Å²) >= 11 is 0. The highest BCUT2D eigenvalue weighted by atomic mass is 16.5. The van der Waals surface area contributed by atoms with Gasteiger partial charge in [-0.25, -0.2) is 0 Å². The zero-order chi connectivity index (χ0) is 15.0. The van der Waals surface area contributed by atoms with Gasteiger partial charge in [-0.2, -0.15) is 0 Å². The summed E-state index contributed by atoms with van der Waals surface area (Å²) in [5, 5.41) is 2.33. The number of rotatable bonds is 4. The molecule has 0 bridgehead atoms. The van der Waals surface area contributed by atoms with Crippen molar-refractivity contribution in [3.05, 3.63) is 42.0 Å². The summed E-state index contributed by atoms with van der Waals surface area (Å²) in [6.07, 6.45) is 1.04. The minimum Gasteiger partial charge on any atom is -0.497 e. The van der Waals surface area contributed by atoms with Gasteiger partial charge < -0.3 is 9.64 Å². The first-order chi connectivity index (χ1) is 10.1. The molecule has 0 aromatic heterocycles. The van der Waals surface area contributed by atoms with Gasteiger partial charge in [-0.1, -0.05) is 25.1 Å². The lowest BCUT2D eigenvalue weighted by Gasteiger charge is -2.17. The number of benzene rings is 2. The van der Waals surface area contributed by atoms with Crippen molar-refractivity contribution in [3.63, 3.8) is 0 Å². The molecule has 2 atom stereocenters. The van der Waals surface area contributed by atoms with Crippen LogP contribution >= 0.6 is 0 Å². The average Bonchev–Trinajstić information content (AvgIpc) is 3.22. The van der Waals surface area contributed by atoms with Crippen molar-refractivity contribution in [2.45, 2.75) is 19.9 Å². The van der Waals surface area contributed by atoms with Crippen LogP contribution in [0.3, 0.4) is 0 Å². The zero-order valence-corrected chi connectivity index (χ0v) is 12.8. The van der Waals surface area contributed by atoms with E-state index in [9.17, 15) is 4.79 Å². The standard InChI is InChI=1S/C18H21NO2/c1-12-8-17(12)18(20)19(2)11-13-4-5-15-10-16(21-3)7-6-14(15)9-13/h4-7,9-10,12,17H,8,11H2,1-3H3. The molecule has 1 aliphatic rings. The Morgan fingerprint density at radius 1 is 1.24 bits per heavy atom. The van der Waals surface area contributed by atoms with Crippen LogP contribution < -0.4 is 4.74 Å². The highest BCUT2D eigenvalue weighted by Gasteiger charge is 2.40. The van der Waals surface area contributed by atoms with Gasteiger partial charge in [0.2, 0.25) is 5.91 Å². The molecule has 0 saturated heterocycles. The molecule has 0 N–H and O–H groups in total. The third-order valence-corrected chi connectivity index (χ3v) is 4.33. The lowest BCUT2D eigenvalue weighted by Crippen LogP contribution is -2.28. The minimum absolute atomic E-state index is 0.250. The number of carbonyl (C=O) groups excluding carboxylic acids is 1. The highest BCUT2D eigenvalue weighted by molar-refractivity contribution is 5.85. The Kier molecular flexibility index (Phi) is 3.58. The third-order valence-electron chi connectivity index (χ3n) is 4.33. The van der Waals surface area contributed by atoms with Crippen LogP contribution in [-0.4, -0.2) is 25.0 Å². The molecule has 0 aliphatic heterocycles. The molecule has 1 amide bonds. The second kappa shape index (κ2) is 5.40. The van der Waals surface area contributed by atoms with E-state index in [1.807, 2.05) is 24.1 Å². The van der Waals surface area contributed by atoms with Crippen molar-refractivity contribution in [1.29, 1.82) is 0 Å². The molecule has 0 heterocycles. The Morgan fingerprint density at radius 3 is 2.57 bits per heavy atom. The summed E-state index contributed by atoms with van der Waals surface area (Å²) in [6, 6.07) is 12.4. The van der Waals surface area contributed by atoms with E-state index in [0.717, 1.165) is 23.1 Å². The van der Waals surface area contributed by atoms with Crippen LogP contribution in [-0.2, 0) is 11.3 Å². The lowest BCUT2D eigenvalue weighted by molar-refractivity contribution is -0.132. The van der Waals surface area contributed by atoms with Crippen LogP contribution in [0.2, 0.25) is 0 Å². The van der Waals surface area contributed by atoms with Crippen molar-refractivity contribution in [2.75, 3.05) is 14.2 Å². The van der Waals surface area contributed by atoms with E-state index in [1.165, 1.54) is 5.39 Å². The summed E-state index contributed by atoms with van der Waals surface area (Å²) in [5.41, 5.74) is 1.16. The maximum atomic E-state index is 12.2. The van der Waals surface area contributed by atoms with Gasteiger partial charge in [-0.15, -0.1) is 0 Å². The number of carbonyl (C=O) groups is 1. The highest BCUT2D eigenvalue weighted by Crippen LogP contribution is 2.39. The van der Waals surface area contributed by atoms with E-state index in [2.05, 4.69) is 31.2 Å². The molecule has 110 valence electrons. The lowest BCUT2D eigenvalue weighted by atomic mass is 10.1. The molecule has 1 aliphatic carbocycles. The molecule has 1 saturated carbocycles. The predicted octanol–water partition coefficient (Wildman–Crippen LogP) is 3.46. The first-order valence-corrected chi connectivity index (χ1v) is 7.40. The van der Waals surface area contributed by atoms with Gasteiger partial charge in [0.25, 0.3) is 0 Å². The van der Waals surface area contributed by atoms with Crippen molar-refractivity contribution >= 4 is 16.7 Å². The molecule has 0 radical (unpaired) electrons. The van der Waals surface area contributed by atoms with Gasteiger partial charge >= 0.3 is 0 Å². The normalized spacial score (nSPS) is 20.3. The molecule has 3 heteroatoms. The smallest absolute Gasteiger partial charge is 0.226 e. The fraction of sp³-hybridized carbons (Fsp3) is 0.389. The van der Waals surface area contributed by atoms with Crippen LogP contribution in [0.1, 0.15) is 18.9 Å². The fourth-order valence-corrected chi connectivity index (χ4v) is 2.80. The summed E-state index contributed by atoms with van der Waals surface area (Å²) in [7, 11) is 3.57. The fourth-order valence-electron chi connectivity index (χ4n) is 2.80. The second-order valence-corrected chi connectivity index (χ2v) is 6.06. The number of amides is 1. The molecular formula is C18H21NO2. The Hall–Kier alpha value is -2.03. The maximum absolute atomic E-state index is 12.2. The van der Waals surface area contributed by atoms with Gasteiger partial charge in [-0.05, 0) is 46.9 Å². The summed E-state index contributed by atoms with van der Waals surface area (Å²) in [5.74, 6) is 1.95. The molecule has 1 fully saturated rings. The molecule has 3 rings (SSSR count). The molecule has 0 spiro atoms. The van der Waals surface area contributed by atoms with Crippen molar-refractivity contribution in [2.24, 2.45) is 11.8 Å². The number of methoxy groups -OCH3 is 1. The molecular weight excluding hydrogens is 262 g/mol. The Bertz CT molecular complexity index is 680. The first kappa shape index (κ1) is 13.9. The summed E-state index contributed by atoms with van der Waals surface area (Å²) < 4.78 is 5.24. The molecule has 21 heavy (non-hydrogen) atoms. The quantitative estimate of drug-likeness (QED) is 0.860. The number of ether oxygens (including phenoxy) is 1. The van der Waals surface area contributed by atoms with Crippen LogP contribution in [0.15, 0.2) is 36.4 Å². The van der Waals surface area contributed by atoms with Crippen molar-refractivity contribution in [1.82, 2.24) is 4.90 Å². The van der Waals surface area contributed by atoms with E-state index < -0.39 is 0 Å². The Balaban J connectivity index is 1.76. The minimum atomic E-state index is 0.250. The van der Waals surface area contributed by atoms with Gasteiger partial charge in [0.05, 0.1) is 7.11 Å². The maximum Gasteiger partial charge on any atom is 0.226 e. The first-order valence-electron chi connectivity index (χ1n) is 7.40. The van der Waals surface area contributed by atoms with E-state index in [-0.39, 0.29) is 11.8 Å². The number of hydrogen-bond donors (Lipinski definition) is 0. The molecule has 2 unspecified atom stereocenters. The Labute approximate surface area is 125 Å². The summed E-state index contributed by atoms with van der Waals surface area (Å²) in [6.45, 7) is 2.81. The molecule has 2 aromatic carbocycles. The zero-order valence-electron chi connectivity index (χ0n) is 12.8. The van der Waals surface area contributed by atoms with Crippen LogP contribution in [0.4, 0.5) is 0 Å². The number of hydrogen-bond acceptors (Lipinski definition) is 2. The van der Waals surface area contributed by atoms with E-state index in [4.69, 9.17) is 4.74 Å². The van der Waals surface area contributed by atoms with E-state index in [1.54, 1.807) is 7.11 Å². The van der Waals surface area contributed by atoms with E-state index >= 15 is 0 Å². The predicted molar refractivity (Wildman–Crippen MR) is 84.2 cm³/mol. The summed E-state index contributed by atoms with van der Waals surface area (Å²) in [4.78, 5) is 14.0. The van der Waals surface area contributed by atoms with Gasteiger partial charge in [0, 0.05) is 19.5 Å². The Morgan fingerprint density at radius 2 is 1.90 bits per heavy atom. The van der Waals surface area contributed by atoms with Crippen LogP contribution in [0, 0.1) is 11.8 Å². The van der Waals surface area contributed by atoms with Gasteiger partial charge in [-0.3, -0.25) is 4.79 Å². The topological polar surface area (TPSA) is 29.5 Å². The van der Waals surface area contributed by atoms with Gasteiger partial charge in [0.1, 0.15) is 5.75 Å². The van der Waals surface area contributed by atoms with Gasteiger partial charge in [0.15, 0.2) is 0 Å². The molecule has 2 aromatic rings. The monoisotopic (exact) mass is 283 g/mol. The largest absolute Gasteiger partial charge is 0.497 e. The average molecular weight is 283 g/mol. The van der Waals surface area contributed by atoms with Crippen molar-refractivity contribution in [3.8, 4) is 5.75 Å². The van der Waals surface area contributed by atoms with Crippen LogP contribution in [0.5, 0.6) is 5.75 Å². The number of fused-ring (bicyclic) bond motifs is 1. The van der Waals surface area contributed by atoms with Crippen molar-refractivity contribution < 1.29 is 9.53 Å². The third kappa shape index (κ3) is 2.87. The van der Waals surface area contributed by atoms with Crippen LogP contribution in [0.25, 0.3) is 10.8 Å². The van der Waals surface area contributed by atoms with E-state index in [0.29, 0.717) is 12.5 Å². The molecule has 3 nitrogen and oxygen atoms in total. The number of nitrogens with zero attached hydrogens (tertiary/aromatic N) is 1.